The molecule has 0 saturated carbocycles. The summed E-state index contributed by atoms with van der Waals surface area (Å²) in [4.78, 5) is 29.3. The summed E-state index contributed by atoms with van der Waals surface area (Å²) in [6.45, 7) is 0. The van der Waals surface area contributed by atoms with E-state index < -0.39 is 27.9 Å². The van der Waals surface area contributed by atoms with Gasteiger partial charge in [-0.15, -0.1) is 0 Å². The molecule has 0 atom stereocenters. The Bertz CT molecular complexity index is 678. The SMILES string of the molecule is O=C(Nc1cnc(Cl)cn1)c1cc(F)ccc1[N+](=O)[O-]. The van der Waals surface area contributed by atoms with Gasteiger partial charge in [0.25, 0.3) is 11.6 Å². The first kappa shape index (κ1) is 13.8. The lowest BCUT2D eigenvalue weighted by Crippen LogP contribution is -2.15. The van der Waals surface area contributed by atoms with Gasteiger partial charge in [0.05, 0.1) is 17.3 Å². The fraction of sp³-hybridized carbons (Fsp3) is 0. The lowest BCUT2D eigenvalue weighted by Gasteiger charge is -2.04. The third-order valence-corrected chi connectivity index (χ3v) is 2.46. The Hall–Kier alpha value is -2.61. The first-order valence-corrected chi connectivity index (χ1v) is 5.58. The van der Waals surface area contributed by atoms with E-state index in [0.717, 1.165) is 18.2 Å². The van der Waals surface area contributed by atoms with Crippen LogP contribution in [0.4, 0.5) is 15.9 Å². The smallest absolute Gasteiger partial charge is 0.282 e. The highest BCUT2D eigenvalue weighted by Crippen LogP contribution is 2.20. The van der Waals surface area contributed by atoms with E-state index in [1.54, 1.807) is 0 Å². The molecule has 2 rings (SSSR count). The van der Waals surface area contributed by atoms with Gasteiger partial charge in [-0.25, -0.2) is 14.4 Å². The second-order valence-corrected chi connectivity index (χ2v) is 3.98. The zero-order valence-corrected chi connectivity index (χ0v) is 10.5. The van der Waals surface area contributed by atoms with Crippen LogP contribution in [0.3, 0.4) is 0 Å². The van der Waals surface area contributed by atoms with Crippen LogP contribution in [0.5, 0.6) is 0 Å². The number of nitro benzene ring substituents is 1. The van der Waals surface area contributed by atoms with Gasteiger partial charge in [-0.1, -0.05) is 11.6 Å². The zero-order chi connectivity index (χ0) is 14.7. The molecular weight excluding hydrogens is 291 g/mol. The van der Waals surface area contributed by atoms with Gasteiger partial charge in [0.1, 0.15) is 16.5 Å². The zero-order valence-electron chi connectivity index (χ0n) is 9.71. The van der Waals surface area contributed by atoms with Gasteiger partial charge < -0.3 is 5.32 Å². The van der Waals surface area contributed by atoms with E-state index in [9.17, 15) is 19.3 Å². The quantitative estimate of drug-likeness (QED) is 0.693. The summed E-state index contributed by atoms with van der Waals surface area (Å²) in [5, 5.41) is 13.2. The highest BCUT2D eigenvalue weighted by atomic mass is 35.5. The minimum absolute atomic E-state index is 0.0398. The fourth-order valence-corrected chi connectivity index (χ4v) is 1.51. The Morgan fingerprint density at radius 2 is 2.10 bits per heavy atom. The van der Waals surface area contributed by atoms with E-state index in [-0.39, 0.29) is 11.0 Å². The molecule has 1 amide bonds. The molecule has 0 radical (unpaired) electrons. The largest absolute Gasteiger partial charge is 0.305 e. The van der Waals surface area contributed by atoms with Crippen LogP contribution in [0.2, 0.25) is 5.15 Å². The summed E-state index contributed by atoms with van der Waals surface area (Å²) in [5.74, 6) is -1.59. The standard InChI is InChI=1S/C11H6ClFN4O3/c12-9-4-15-10(5-14-9)16-11(18)7-3-6(13)1-2-8(7)17(19)20/h1-5H,(H,15,16,18). The first-order valence-electron chi connectivity index (χ1n) is 5.20. The van der Waals surface area contributed by atoms with Crippen molar-refractivity contribution >= 4 is 29.0 Å². The highest BCUT2D eigenvalue weighted by molar-refractivity contribution is 6.29. The normalized spacial score (nSPS) is 10.1. The number of rotatable bonds is 3. The second kappa shape index (κ2) is 5.57. The minimum atomic E-state index is -0.868. The van der Waals surface area contributed by atoms with Gasteiger partial charge in [0, 0.05) is 6.07 Å². The van der Waals surface area contributed by atoms with Crippen LogP contribution in [0.1, 0.15) is 10.4 Å². The van der Waals surface area contributed by atoms with Gasteiger partial charge in [0.2, 0.25) is 0 Å². The van der Waals surface area contributed by atoms with Crippen LogP contribution >= 0.6 is 11.6 Å². The van der Waals surface area contributed by atoms with Crippen molar-refractivity contribution in [2.24, 2.45) is 0 Å². The van der Waals surface area contributed by atoms with E-state index in [1.807, 2.05) is 0 Å². The molecule has 0 aliphatic heterocycles. The molecule has 0 unspecified atom stereocenters. The molecule has 2 aromatic rings. The molecule has 0 fully saturated rings. The van der Waals surface area contributed by atoms with Crippen LogP contribution in [0.25, 0.3) is 0 Å². The Morgan fingerprint density at radius 1 is 1.35 bits per heavy atom. The van der Waals surface area contributed by atoms with Crippen molar-refractivity contribution in [2.45, 2.75) is 0 Å². The molecule has 102 valence electrons. The lowest BCUT2D eigenvalue weighted by atomic mass is 10.1. The average molecular weight is 297 g/mol. The molecule has 7 nitrogen and oxygen atoms in total. The molecule has 1 aromatic carbocycles. The van der Waals surface area contributed by atoms with Crippen LogP contribution in [0, 0.1) is 15.9 Å². The number of hydrogen-bond acceptors (Lipinski definition) is 5. The molecule has 0 spiro atoms. The number of nitrogens with one attached hydrogen (secondary N) is 1. The summed E-state index contributed by atoms with van der Waals surface area (Å²) in [7, 11) is 0. The highest BCUT2D eigenvalue weighted by Gasteiger charge is 2.21. The molecule has 20 heavy (non-hydrogen) atoms. The van der Waals surface area contributed by atoms with E-state index in [1.165, 1.54) is 12.4 Å². The Morgan fingerprint density at radius 3 is 2.70 bits per heavy atom. The van der Waals surface area contributed by atoms with Crippen LogP contribution in [-0.2, 0) is 0 Å². The molecule has 0 saturated heterocycles. The van der Waals surface area contributed by atoms with Gasteiger partial charge in [-0.3, -0.25) is 14.9 Å². The van der Waals surface area contributed by atoms with Gasteiger partial charge in [-0.2, -0.15) is 0 Å². The van der Waals surface area contributed by atoms with Crippen LogP contribution in [0.15, 0.2) is 30.6 Å². The van der Waals surface area contributed by atoms with E-state index in [4.69, 9.17) is 11.6 Å². The van der Waals surface area contributed by atoms with Crippen LogP contribution in [-0.4, -0.2) is 20.8 Å². The lowest BCUT2D eigenvalue weighted by molar-refractivity contribution is -0.385. The monoisotopic (exact) mass is 296 g/mol. The van der Waals surface area contributed by atoms with Gasteiger partial charge in [-0.05, 0) is 12.1 Å². The molecule has 9 heteroatoms. The summed E-state index contributed by atoms with van der Waals surface area (Å²) in [6.07, 6.45) is 2.36. The summed E-state index contributed by atoms with van der Waals surface area (Å²) >= 11 is 5.53. The third-order valence-electron chi connectivity index (χ3n) is 2.26. The van der Waals surface area contributed by atoms with Crippen molar-refractivity contribution < 1.29 is 14.1 Å². The second-order valence-electron chi connectivity index (χ2n) is 3.60. The maximum absolute atomic E-state index is 13.1. The number of amides is 1. The molecule has 0 aliphatic carbocycles. The van der Waals surface area contributed by atoms with E-state index in [2.05, 4.69) is 15.3 Å². The van der Waals surface area contributed by atoms with Gasteiger partial charge >= 0.3 is 0 Å². The number of halogens is 2. The Kier molecular flexibility index (Phi) is 3.85. The van der Waals surface area contributed by atoms with Crippen molar-refractivity contribution in [1.29, 1.82) is 0 Å². The van der Waals surface area contributed by atoms with Crippen molar-refractivity contribution in [2.75, 3.05) is 5.32 Å². The van der Waals surface area contributed by atoms with Crippen molar-refractivity contribution in [3.8, 4) is 0 Å². The maximum Gasteiger partial charge on any atom is 0.282 e. The topological polar surface area (TPSA) is 98.0 Å². The molecule has 1 N–H and O–H groups in total. The molecule has 1 aromatic heterocycles. The number of benzene rings is 1. The molecule has 0 aliphatic rings. The van der Waals surface area contributed by atoms with Gasteiger partial charge in [0.15, 0.2) is 5.82 Å². The summed E-state index contributed by atoms with van der Waals surface area (Å²) in [6, 6.07) is 2.59. The number of anilines is 1. The third kappa shape index (κ3) is 3.04. The first-order chi connectivity index (χ1) is 9.47. The number of aromatic nitrogens is 2. The Labute approximate surface area is 116 Å². The van der Waals surface area contributed by atoms with Crippen molar-refractivity contribution in [1.82, 2.24) is 9.97 Å². The van der Waals surface area contributed by atoms with E-state index >= 15 is 0 Å². The predicted octanol–water partition coefficient (Wildman–Crippen LogP) is 2.43. The number of carbonyl (C=O) groups excluding carboxylic acids is 1. The van der Waals surface area contributed by atoms with Crippen molar-refractivity contribution in [3.05, 3.63) is 57.2 Å². The molecule has 1 heterocycles. The summed E-state index contributed by atoms with van der Waals surface area (Å²) in [5.41, 5.74) is -0.919. The Balaban J connectivity index is 2.31. The number of hydrogen-bond donors (Lipinski definition) is 1. The predicted molar refractivity (Wildman–Crippen MR) is 68.0 cm³/mol. The number of nitro groups is 1. The minimum Gasteiger partial charge on any atom is -0.305 e. The number of nitrogens with zero attached hydrogens (tertiary/aromatic N) is 3. The fourth-order valence-electron chi connectivity index (χ4n) is 1.41. The van der Waals surface area contributed by atoms with Crippen molar-refractivity contribution in [3.63, 3.8) is 0 Å². The van der Waals surface area contributed by atoms with Crippen LogP contribution < -0.4 is 5.32 Å². The maximum atomic E-state index is 13.1. The molecular formula is C11H6ClFN4O3. The van der Waals surface area contributed by atoms with E-state index in [0.29, 0.717) is 0 Å². The molecule has 0 bridgehead atoms. The number of carbonyl (C=O) groups is 1. The summed E-state index contributed by atoms with van der Waals surface area (Å²) < 4.78 is 13.1. The average Bonchev–Trinajstić information content (AvgIpc) is 2.41.